The van der Waals surface area contributed by atoms with Gasteiger partial charge in [0.25, 0.3) is 0 Å². The zero-order valence-corrected chi connectivity index (χ0v) is 6.94. The van der Waals surface area contributed by atoms with Crippen molar-refractivity contribution in [2.24, 2.45) is 0 Å². The molecule has 0 radical (unpaired) electrons. The molecule has 1 N–H and O–H groups in total. The highest BCUT2D eigenvalue weighted by Gasteiger charge is 2.06. The Hall–Kier alpha value is -1.51. The molecule has 0 amide bonds. The summed E-state index contributed by atoms with van der Waals surface area (Å²) < 4.78 is 2.11. The molecule has 0 spiro atoms. The molecule has 3 heteroatoms. The Morgan fingerprint density at radius 1 is 1.42 bits per heavy atom. The van der Waals surface area contributed by atoms with E-state index in [0.717, 1.165) is 5.82 Å². The largest absolute Gasteiger partial charge is 0.347 e. The van der Waals surface area contributed by atoms with Gasteiger partial charge in [0, 0.05) is 24.8 Å². The first-order valence-electron chi connectivity index (χ1n) is 3.99. The lowest BCUT2D eigenvalue weighted by Crippen LogP contribution is -2.05. The van der Waals surface area contributed by atoms with Gasteiger partial charge in [0.2, 0.25) is 0 Å². The fourth-order valence-electron chi connectivity index (χ4n) is 1.25. The van der Waals surface area contributed by atoms with E-state index in [1.54, 1.807) is 6.20 Å². The summed E-state index contributed by atoms with van der Waals surface area (Å²) in [5.41, 5.74) is 0. The number of imidazole rings is 1. The maximum absolute atomic E-state index is 4.20. The molecule has 1 unspecified atom stereocenters. The SMILES string of the molecule is CC(c1ncc[nH]1)n1cccc1. The Morgan fingerprint density at radius 3 is 2.75 bits per heavy atom. The lowest BCUT2D eigenvalue weighted by molar-refractivity contribution is 0.610. The zero-order chi connectivity index (χ0) is 8.39. The molecule has 12 heavy (non-hydrogen) atoms. The number of aromatic nitrogens is 3. The van der Waals surface area contributed by atoms with Gasteiger partial charge in [-0.1, -0.05) is 0 Å². The van der Waals surface area contributed by atoms with Crippen molar-refractivity contribution >= 4 is 0 Å². The van der Waals surface area contributed by atoms with Crippen LogP contribution in [0.25, 0.3) is 0 Å². The second-order valence-corrected chi connectivity index (χ2v) is 2.78. The van der Waals surface area contributed by atoms with E-state index in [0.29, 0.717) is 0 Å². The fraction of sp³-hybridized carbons (Fsp3) is 0.222. The van der Waals surface area contributed by atoms with Gasteiger partial charge >= 0.3 is 0 Å². The van der Waals surface area contributed by atoms with Crippen molar-refractivity contribution in [2.45, 2.75) is 13.0 Å². The molecule has 0 saturated heterocycles. The second kappa shape index (κ2) is 2.85. The summed E-state index contributed by atoms with van der Waals surface area (Å²) in [5, 5.41) is 0. The number of nitrogens with one attached hydrogen (secondary N) is 1. The lowest BCUT2D eigenvalue weighted by atomic mass is 10.3. The molecule has 0 aliphatic heterocycles. The highest BCUT2D eigenvalue weighted by molar-refractivity contribution is 5.01. The number of H-pyrrole nitrogens is 1. The normalized spacial score (nSPS) is 13.1. The Labute approximate surface area is 71.1 Å². The minimum Gasteiger partial charge on any atom is -0.347 e. The molecule has 0 saturated carbocycles. The monoisotopic (exact) mass is 161 g/mol. The fourth-order valence-corrected chi connectivity index (χ4v) is 1.25. The molecule has 3 nitrogen and oxygen atoms in total. The van der Waals surface area contributed by atoms with Crippen LogP contribution in [-0.4, -0.2) is 14.5 Å². The minimum atomic E-state index is 0.287. The number of hydrogen-bond acceptors (Lipinski definition) is 1. The van der Waals surface area contributed by atoms with E-state index in [4.69, 9.17) is 0 Å². The van der Waals surface area contributed by atoms with Crippen molar-refractivity contribution < 1.29 is 0 Å². The molecule has 1 atom stereocenters. The van der Waals surface area contributed by atoms with Gasteiger partial charge in [0.1, 0.15) is 5.82 Å². The Morgan fingerprint density at radius 2 is 2.17 bits per heavy atom. The smallest absolute Gasteiger partial charge is 0.128 e. The summed E-state index contributed by atoms with van der Waals surface area (Å²) in [4.78, 5) is 7.29. The predicted octanol–water partition coefficient (Wildman–Crippen LogP) is 1.82. The van der Waals surface area contributed by atoms with Crippen LogP contribution in [0.15, 0.2) is 36.9 Å². The third-order valence-corrected chi connectivity index (χ3v) is 1.99. The van der Waals surface area contributed by atoms with Gasteiger partial charge in [-0.25, -0.2) is 4.98 Å². The van der Waals surface area contributed by atoms with Crippen molar-refractivity contribution in [1.82, 2.24) is 14.5 Å². The Bertz CT molecular complexity index is 286. The molecule has 0 aromatic carbocycles. The Balaban J connectivity index is 2.27. The molecule has 2 aromatic rings. The van der Waals surface area contributed by atoms with Gasteiger partial charge in [0.15, 0.2) is 0 Å². The average molecular weight is 161 g/mol. The van der Waals surface area contributed by atoms with Gasteiger partial charge in [-0.2, -0.15) is 0 Å². The van der Waals surface area contributed by atoms with Gasteiger partial charge in [-0.15, -0.1) is 0 Å². The van der Waals surface area contributed by atoms with Crippen LogP contribution in [0.5, 0.6) is 0 Å². The quantitative estimate of drug-likeness (QED) is 0.716. The molecule has 0 bridgehead atoms. The van der Waals surface area contributed by atoms with Crippen LogP contribution >= 0.6 is 0 Å². The number of rotatable bonds is 2. The highest BCUT2D eigenvalue weighted by atomic mass is 15.0. The average Bonchev–Trinajstić information content (AvgIpc) is 2.77. The molecule has 2 aromatic heterocycles. The van der Waals surface area contributed by atoms with Gasteiger partial charge in [-0.3, -0.25) is 0 Å². The molecule has 0 aliphatic rings. The summed E-state index contributed by atoms with van der Waals surface area (Å²) in [7, 11) is 0. The topological polar surface area (TPSA) is 33.6 Å². The molecule has 0 fully saturated rings. The summed E-state index contributed by atoms with van der Waals surface area (Å²) in [6, 6.07) is 4.31. The first-order chi connectivity index (χ1) is 5.88. The molecule has 0 aliphatic carbocycles. The number of aromatic amines is 1. The van der Waals surface area contributed by atoms with Gasteiger partial charge in [0.05, 0.1) is 6.04 Å². The van der Waals surface area contributed by atoms with E-state index in [1.807, 2.05) is 30.7 Å². The maximum atomic E-state index is 4.20. The lowest BCUT2D eigenvalue weighted by Gasteiger charge is -2.09. The van der Waals surface area contributed by atoms with Crippen molar-refractivity contribution in [3.63, 3.8) is 0 Å². The molecular weight excluding hydrogens is 150 g/mol. The zero-order valence-electron chi connectivity index (χ0n) is 6.94. The second-order valence-electron chi connectivity index (χ2n) is 2.78. The molecule has 62 valence electrons. The van der Waals surface area contributed by atoms with E-state index in [9.17, 15) is 0 Å². The van der Waals surface area contributed by atoms with Gasteiger partial charge in [-0.05, 0) is 19.1 Å². The molecule has 2 rings (SSSR count). The van der Waals surface area contributed by atoms with Crippen LogP contribution in [0.2, 0.25) is 0 Å². The highest BCUT2D eigenvalue weighted by Crippen LogP contribution is 2.12. The summed E-state index contributed by atoms with van der Waals surface area (Å²) in [6.45, 7) is 2.11. The van der Waals surface area contributed by atoms with Crippen LogP contribution in [0.4, 0.5) is 0 Å². The van der Waals surface area contributed by atoms with Crippen molar-refractivity contribution in [3.8, 4) is 0 Å². The van der Waals surface area contributed by atoms with E-state index in [1.165, 1.54) is 0 Å². The van der Waals surface area contributed by atoms with Gasteiger partial charge < -0.3 is 9.55 Å². The molecular formula is C9H11N3. The van der Waals surface area contributed by atoms with Crippen LogP contribution in [-0.2, 0) is 0 Å². The van der Waals surface area contributed by atoms with Crippen molar-refractivity contribution in [3.05, 3.63) is 42.7 Å². The number of nitrogens with zero attached hydrogens (tertiary/aromatic N) is 2. The third-order valence-electron chi connectivity index (χ3n) is 1.99. The van der Waals surface area contributed by atoms with Crippen LogP contribution in [0.3, 0.4) is 0 Å². The number of hydrogen-bond donors (Lipinski definition) is 1. The van der Waals surface area contributed by atoms with Crippen molar-refractivity contribution in [1.29, 1.82) is 0 Å². The summed E-state index contributed by atoms with van der Waals surface area (Å²) in [5.74, 6) is 0.992. The minimum absolute atomic E-state index is 0.287. The predicted molar refractivity (Wildman–Crippen MR) is 46.8 cm³/mol. The summed E-state index contributed by atoms with van der Waals surface area (Å²) >= 11 is 0. The first kappa shape index (κ1) is 7.16. The first-order valence-corrected chi connectivity index (χ1v) is 3.99. The third kappa shape index (κ3) is 1.13. The maximum Gasteiger partial charge on any atom is 0.128 e. The van der Waals surface area contributed by atoms with Crippen LogP contribution < -0.4 is 0 Å². The van der Waals surface area contributed by atoms with E-state index in [-0.39, 0.29) is 6.04 Å². The van der Waals surface area contributed by atoms with E-state index in [2.05, 4.69) is 21.5 Å². The van der Waals surface area contributed by atoms with Crippen LogP contribution in [0, 0.1) is 0 Å². The molecule has 2 heterocycles. The Kier molecular flexibility index (Phi) is 1.70. The van der Waals surface area contributed by atoms with E-state index < -0.39 is 0 Å². The van der Waals surface area contributed by atoms with Crippen molar-refractivity contribution in [2.75, 3.05) is 0 Å². The van der Waals surface area contributed by atoms with E-state index >= 15 is 0 Å². The standard InChI is InChI=1S/C9H11N3/c1-8(9-10-4-5-11-9)12-6-2-3-7-12/h2-8H,1H3,(H,10,11). The van der Waals surface area contributed by atoms with Crippen LogP contribution in [0.1, 0.15) is 18.8 Å². The summed E-state index contributed by atoms with van der Waals surface area (Å²) in [6.07, 6.45) is 7.69.